The Kier molecular flexibility index (Phi) is 6.75. The molecule has 3 rings (SSSR count). The number of carbonyl (C=O) groups is 2. The quantitative estimate of drug-likeness (QED) is 0.831. The predicted molar refractivity (Wildman–Crippen MR) is 109 cm³/mol. The van der Waals surface area contributed by atoms with Crippen LogP contribution in [0.3, 0.4) is 0 Å². The van der Waals surface area contributed by atoms with Crippen LogP contribution in [0, 0.1) is 12.8 Å². The van der Waals surface area contributed by atoms with Crippen molar-refractivity contribution in [3.8, 4) is 0 Å². The number of benzene rings is 1. The second kappa shape index (κ2) is 9.25. The molecule has 0 aromatic heterocycles. The molecule has 1 aromatic carbocycles. The number of anilines is 1. The van der Waals surface area contributed by atoms with Gasteiger partial charge in [0.15, 0.2) is 0 Å². The number of amides is 3. The summed E-state index contributed by atoms with van der Waals surface area (Å²) < 4.78 is 0. The second-order valence-corrected chi connectivity index (χ2v) is 8.00. The van der Waals surface area contributed by atoms with Crippen molar-refractivity contribution in [3.05, 3.63) is 29.3 Å². The Bertz CT molecular complexity index is 660. The number of nitrogens with zero attached hydrogens (tertiary/aromatic N) is 1. The number of piperidine rings is 1. The van der Waals surface area contributed by atoms with Gasteiger partial charge >= 0.3 is 6.03 Å². The summed E-state index contributed by atoms with van der Waals surface area (Å²) in [5.41, 5.74) is 3.24. The van der Waals surface area contributed by atoms with E-state index in [0.717, 1.165) is 43.4 Å². The van der Waals surface area contributed by atoms with E-state index in [1.807, 2.05) is 24.0 Å². The van der Waals surface area contributed by atoms with Crippen molar-refractivity contribution >= 4 is 17.6 Å². The molecule has 2 aliphatic rings. The first-order valence-corrected chi connectivity index (χ1v) is 10.5. The van der Waals surface area contributed by atoms with Crippen molar-refractivity contribution in [2.75, 3.05) is 18.4 Å². The largest absolute Gasteiger partial charge is 0.335 e. The normalized spacial score (nSPS) is 19.0. The highest BCUT2D eigenvalue weighted by Crippen LogP contribution is 2.25. The van der Waals surface area contributed by atoms with Gasteiger partial charge in [0.2, 0.25) is 5.91 Å². The minimum atomic E-state index is -0.0203. The highest BCUT2D eigenvalue weighted by Gasteiger charge is 2.29. The molecule has 2 N–H and O–H groups in total. The lowest BCUT2D eigenvalue weighted by molar-refractivity contribution is -0.121. The summed E-state index contributed by atoms with van der Waals surface area (Å²) in [4.78, 5) is 27.1. The monoisotopic (exact) mass is 371 g/mol. The third-order valence-corrected chi connectivity index (χ3v) is 6.07. The molecule has 2 fully saturated rings. The van der Waals surface area contributed by atoms with Crippen LogP contribution in [0.2, 0.25) is 0 Å². The Balaban J connectivity index is 1.50. The molecule has 0 atom stereocenters. The highest BCUT2D eigenvalue weighted by atomic mass is 16.2. The average Bonchev–Trinajstić information content (AvgIpc) is 2.70. The fraction of sp³-hybridized carbons (Fsp3) is 0.636. The van der Waals surface area contributed by atoms with Crippen molar-refractivity contribution in [3.63, 3.8) is 0 Å². The van der Waals surface area contributed by atoms with Crippen LogP contribution in [0.4, 0.5) is 10.5 Å². The Morgan fingerprint density at radius 2 is 1.78 bits per heavy atom. The van der Waals surface area contributed by atoms with E-state index in [0.29, 0.717) is 19.1 Å². The van der Waals surface area contributed by atoms with Crippen LogP contribution < -0.4 is 10.6 Å². The summed E-state index contributed by atoms with van der Waals surface area (Å²) in [6.45, 7) is 5.46. The minimum absolute atomic E-state index is 0.0203. The molecule has 1 aliphatic heterocycles. The molecule has 1 heterocycles. The molecule has 0 spiro atoms. The molecule has 0 unspecified atom stereocenters. The van der Waals surface area contributed by atoms with E-state index in [1.165, 1.54) is 24.8 Å². The first-order chi connectivity index (χ1) is 13.1. The number of rotatable bonds is 4. The van der Waals surface area contributed by atoms with E-state index in [4.69, 9.17) is 0 Å². The van der Waals surface area contributed by atoms with Crippen molar-refractivity contribution in [2.45, 2.75) is 71.3 Å². The number of likely N-dealkylation sites (tertiary alicyclic amines) is 1. The maximum Gasteiger partial charge on any atom is 0.317 e. The fourth-order valence-electron chi connectivity index (χ4n) is 4.28. The summed E-state index contributed by atoms with van der Waals surface area (Å²) in [5, 5.41) is 6.33. The molecule has 0 bridgehead atoms. The van der Waals surface area contributed by atoms with E-state index in [2.05, 4.69) is 23.6 Å². The van der Waals surface area contributed by atoms with Gasteiger partial charge in [0, 0.05) is 30.7 Å². The molecule has 5 nitrogen and oxygen atoms in total. The van der Waals surface area contributed by atoms with E-state index in [9.17, 15) is 9.59 Å². The van der Waals surface area contributed by atoms with Gasteiger partial charge in [0.05, 0.1) is 0 Å². The zero-order valence-electron chi connectivity index (χ0n) is 16.7. The molecule has 1 saturated carbocycles. The van der Waals surface area contributed by atoms with Crippen LogP contribution >= 0.6 is 0 Å². The van der Waals surface area contributed by atoms with Crippen LogP contribution in [-0.4, -0.2) is 36.0 Å². The minimum Gasteiger partial charge on any atom is -0.335 e. The molecule has 5 heteroatoms. The average molecular weight is 372 g/mol. The van der Waals surface area contributed by atoms with Crippen LogP contribution in [-0.2, 0) is 11.2 Å². The van der Waals surface area contributed by atoms with E-state index in [1.54, 1.807) is 0 Å². The number of aryl methyl sites for hydroxylation is 2. The SMILES string of the molecule is CCc1cccc(C)c1NC(=O)C1CCN(C(=O)NC2CCCCC2)CC1. The zero-order chi connectivity index (χ0) is 19.2. The van der Waals surface area contributed by atoms with Gasteiger partial charge in [-0.2, -0.15) is 0 Å². The van der Waals surface area contributed by atoms with Gasteiger partial charge in [-0.1, -0.05) is 44.4 Å². The number of hydrogen-bond acceptors (Lipinski definition) is 2. The molecule has 1 aliphatic carbocycles. The van der Waals surface area contributed by atoms with Crippen molar-refractivity contribution in [1.82, 2.24) is 10.2 Å². The Morgan fingerprint density at radius 1 is 1.07 bits per heavy atom. The van der Waals surface area contributed by atoms with Crippen LogP contribution in [0.15, 0.2) is 18.2 Å². The van der Waals surface area contributed by atoms with Crippen molar-refractivity contribution < 1.29 is 9.59 Å². The number of hydrogen-bond donors (Lipinski definition) is 2. The molecular formula is C22H33N3O2. The first-order valence-electron chi connectivity index (χ1n) is 10.5. The Labute approximate surface area is 162 Å². The van der Waals surface area contributed by atoms with Gasteiger partial charge < -0.3 is 15.5 Å². The zero-order valence-corrected chi connectivity index (χ0v) is 16.7. The van der Waals surface area contributed by atoms with Crippen LogP contribution in [0.5, 0.6) is 0 Å². The lowest BCUT2D eigenvalue weighted by Crippen LogP contribution is -2.49. The number of nitrogens with one attached hydrogen (secondary N) is 2. The second-order valence-electron chi connectivity index (χ2n) is 8.00. The van der Waals surface area contributed by atoms with Crippen LogP contribution in [0.1, 0.15) is 63.0 Å². The molecule has 1 saturated heterocycles. The van der Waals surface area contributed by atoms with Gasteiger partial charge in [-0.3, -0.25) is 4.79 Å². The number of para-hydroxylation sites is 1. The van der Waals surface area contributed by atoms with Gasteiger partial charge in [0.1, 0.15) is 0 Å². The van der Waals surface area contributed by atoms with Crippen LogP contribution in [0.25, 0.3) is 0 Å². The van der Waals surface area contributed by atoms with Crippen molar-refractivity contribution in [2.24, 2.45) is 5.92 Å². The van der Waals surface area contributed by atoms with E-state index < -0.39 is 0 Å². The lowest BCUT2D eigenvalue weighted by atomic mass is 9.94. The maximum absolute atomic E-state index is 12.8. The van der Waals surface area contributed by atoms with E-state index in [-0.39, 0.29) is 17.9 Å². The fourth-order valence-corrected chi connectivity index (χ4v) is 4.28. The van der Waals surface area contributed by atoms with Gasteiger partial charge in [-0.15, -0.1) is 0 Å². The Morgan fingerprint density at radius 3 is 2.44 bits per heavy atom. The lowest BCUT2D eigenvalue weighted by Gasteiger charge is -2.33. The standard InChI is InChI=1S/C22H33N3O2/c1-3-17-9-7-8-16(2)20(17)24-21(26)18-12-14-25(15-13-18)22(27)23-19-10-5-4-6-11-19/h7-9,18-19H,3-6,10-15H2,1-2H3,(H,23,27)(H,24,26). The first kappa shape index (κ1) is 19.7. The Hall–Kier alpha value is -2.04. The third kappa shape index (κ3) is 5.02. The summed E-state index contributed by atoms with van der Waals surface area (Å²) >= 11 is 0. The van der Waals surface area contributed by atoms with Gasteiger partial charge in [-0.25, -0.2) is 4.79 Å². The number of carbonyl (C=O) groups excluding carboxylic acids is 2. The molecule has 148 valence electrons. The molecule has 1 aromatic rings. The topological polar surface area (TPSA) is 61.4 Å². The smallest absolute Gasteiger partial charge is 0.317 e. The molecule has 3 amide bonds. The number of urea groups is 1. The highest BCUT2D eigenvalue weighted by molar-refractivity contribution is 5.94. The summed E-state index contributed by atoms with van der Waals surface area (Å²) in [5.74, 6) is 0.0689. The maximum atomic E-state index is 12.8. The predicted octanol–water partition coefficient (Wildman–Crippen LogP) is 4.25. The molecule has 27 heavy (non-hydrogen) atoms. The third-order valence-electron chi connectivity index (χ3n) is 6.07. The van der Waals surface area contributed by atoms with Crippen molar-refractivity contribution in [1.29, 1.82) is 0 Å². The van der Waals surface area contributed by atoms with Gasteiger partial charge in [-0.05, 0) is 50.2 Å². The summed E-state index contributed by atoms with van der Waals surface area (Å²) in [6.07, 6.45) is 8.28. The molecular weight excluding hydrogens is 338 g/mol. The molecule has 0 radical (unpaired) electrons. The van der Waals surface area contributed by atoms with E-state index >= 15 is 0 Å². The summed E-state index contributed by atoms with van der Waals surface area (Å²) in [7, 11) is 0. The van der Waals surface area contributed by atoms with Gasteiger partial charge in [0.25, 0.3) is 0 Å². The summed E-state index contributed by atoms with van der Waals surface area (Å²) in [6, 6.07) is 6.52.